The molecule has 32 heavy (non-hydrogen) atoms. The SMILES string of the molecule is COc1cccc(CN2C(=O)c3cc4sccc4n3CC2C(=O)NC2CCCCCC2)c1. The average Bonchev–Trinajstić information content (AvgIpc) is 3.30. The third-order valence-electron chi connectivity index (χ3n) is 6.73. The highest BCUT2D eigenvalue weighted by Gasteiger charge is 2.38. The van der Waals surface area contributed by atoms with Gasteiger partial charge in [-0.15, -0.1) is 11.3 Å². The Morgan fingerprint density at radius 2 is 1.97 bits per heavy atom. The molecule has 1 fully saturated rings. The predicted octanol–water partition coefficient (Wildman–Crippen LogP) is 4.58. The zero-order valence-corrected chi connectivity index (χ0v) is 19.2. The fourth-order valence-electron chi connectivity index (χ4n) is 5.01. The van der Waals surface area contributed by atoms with Crippen molar-refractivity contribution in [3.8, 4) is 5.75 Å². The summed E-state index contributed by atoms with van der Waals surface area (Å²) in [6.07, 6.45) is 6.81. The minimum Gasteiger partial charge on any atom is -0.497 e. The highest BCUT2D eigenvalue weighted by Crippen LogP contribution is 2.31. The number of benzene rings is 1. The number of amides is 2. The molecule has 2 aliphatic rings. The number of hydrogen-bond acceptors (Lipinski definition) is 4. The van der Waals surface area contributed by atoms with E-state index in [9.17, 15) is 9.59 Å². The van der Waals surface area contributed by atoms with Crippen molar-refractivity contribution in [1.29, 1.82) is 0 Å². The minimum atomic E-state index is -0.542. The van der Waals surface area contributed by atoms with Gasteiger partial charge >= 0.3 is 0 Å². The molecule has 1 unspecified atom stereocenters. The van der Waals surface area contributed by atoms with E-state index in [1.54, 1.807) is 23.3 Å². The van der Waals surface area contributed by atoms with E-state index < -0.39 is 6.04 Å². The Balaban J connectivity index is 1.46. The number of thiophene rings is 1. The zero-order valence-electron chi connectivity index (χ0n) is 18.4. The summed E-state index contributed by atoms with van der Waals surface area (Å²) in [5.74, 6) is 0.606. The fourth-order valence-corrected chi connectivity index (χ4v) is 5.83. The van der Waals surface area contributed by atoms with E-state index in [2.05, 4.69) is 5.32 Å². The number of methoxy groups -OCH3 is 1. The van der Waals surface area contributed by atoms with Gasteiger partial charge in [-0.3, -0.25) is 9.59 Å². The van der Waals surface area contributed by atoms with Gasteiger partial charge in [0.25, 0.3) is 5.91 Å². The summed E-state index contributed by atoms with van der Waals surface area (Å²) in [7, 11) is 1.63. The van der Waals surface area contributed by atoms with Gasteiger partial charge < -0.3 is 19.5 Å². The third-order valence-corrected chi connectivity index (χ3v) is 7.58. The van der Waals surface area contributed by atoms with E-state index in [1.807, 2.05) is 46.3 Å². The van der Waals surface area contributed by atoms with Crippen LogP contribution in [0.5, 0.6) is 5.75 Å². The van der Waals surface area contributed by atoms with Crippen LogP contribution < -0.4 is 10.1 Å². The van der Waals surface area contributed by atoms with E-state index in [0.717, 1.165) is 47.2 Å². The maximum atomic E-state index is 13.6. The Bertz CT molecular complexity index is 1130. The van der Waals surface area contributed by atoms with E-state index in [1.165, 1.54) is 12.8 Å². The number of fused-ring (bicyclic) bond motifs is 3. The standard InChI is InChI=1S/C25H29N3O3S/c1-31-19-10-6-7-17(13-19)15-28-22(24(29)26-18-8-4-2-3-5-9-18)16-27-20-11-12-32-23(20)14-21(27)25(28)30/h6-7,10-14,18,22H,2-5,8-9,15-16H2,1H3,(H,26,29). The second kappa shape index (κ2) is 8.98. The molecule has 1 aromatic carbocycles. The number of nitrogens with zero attached hydrogens (tertiary/aromatic N) is 2. The van der Waals surface area contributed by atoms with Crippen molar-refractivity contribution in [3.63, 3.8) is 0 Å². The van der Waals surface area contributed by atoms with Gasteiger partial charge in [-0.05, 0) is 48.1 Å². The van der Waals surface area contributed by atoms with Crippen LogP contribution >= 0.6 is 11.3 Å². The van der Waals surface area contributed by atoms with Gasteiger partial charge in [0, 0.05) is 12.6 Å². The molecule has 168 valence electrons. The normalized spacial score (nSPS) is 19.6. The maximum absolute atomic E-state index is 13.6. The molecule has 0 saturated heterocycles. The molecule has 7 heteroatoms. The first-order valence-electron chi connectivity index (χ1n) is 11.4. The third kappa shape index (κ3) is 4.01. The van der Waals surface area contributed by atoms with E-state index >= 15 is 0 Å². The molecule has 1 N–H and O–H groups in total. The number of aromatic nitrogens is 1. The molecule has 3 heterocycles. The number of hydrogen-bond donors (Lipinski definition) is 1. The van der Waals surface area contributed by atoms with Crippen LogP contribution in [-0.4, -0.2) is 40.5 Å². The zero-order chi connectivity index (χ0) is 22.1. The molecular weight excluding hydrogens is 422 g/mol. The Morgan fingerprint density at radius 1 is 1.16 bits per heavy atom. The van der Waals surface area contributed by atoms with Crippen LogP contribution in [-0.2, 0) is 17.9 Å². The van der Waals surface area contributed by atoms with Gasteiger partial charge in [-0.2, -0.15) is 0 Å². The molecular formula is C25H29N3O3S. The van der Waals surface area contributed by atoms with Crippen LogP contribution in [0, 0.1) is 0 Å². The highest BCUT2D eigenvalue weighted by atomic mass is 32.1. The van der Waals surface area contributed by atoms with E-state index in [-0.39, 0.29) is 17.9 Å². The summed E-state index contributed by atoms with van der Waals surface area (Å²) < 4.78 is 8.46. The van der Waals surface area contributed by atoms with Gasteiger partial charge in [-0.25, -0.2) is 0 Å². The van der Waals surface area contributed by atoms with Gasteiger partial charge in [0.15, 0.2) is 0 Å². The molecule has 1 aliphatic heterocycles. The van der Waals surface area contributed by atoms with Crippen LogP contribution in [0.4, 0.5) is 0 Å². The van der Waals surface area contributed by atoms with Crippen molar-refractivity contribution in [3.05, 3.63) is 53.0 Å². The monoisotopic (exact) mass is 451 g/mol. The average molecular weight is 452 g/mol. The lowest BCUT2D eigenvalue weighted by Crippen LogP contribution is -2.56. The van der Waals surface area contributed by atoms with E-state index in [0.29, 0.717) is 18.8 Å². The van der Waals surface area contributed by atoms with Crippen LogP contribution in [0.15, 0.2) is 41.8 Å². The smallest absolute Gasteiger partial charge is 0.271 e. The van der Waals surface area contributed by atoms with Crippen LogP contribution in [0.2, 0.25) is 0 Å². The van der Waals surface area contributed by atoms with Crippen LogP contribution in [0.25, 0.3) is 10.2 Å². The van der Waals surface area contributed by atoms with Crippen molar-refractivity contribution < 1.29 is 14.3 Å². The second-order valence-corrected chi connectivity index (χ2v) is 9.76. The number of carbonyl (C=O) groups excluding carboxylic acids is 2. The Morgan fingerprint density at radius 3 is 2.75 bits per heavy atom. The van der Waals surface area contributed by atoms with Crippen LogP contribution in [0.3, 0.4) is 0 Å². The molecule has 6 nitrogen and oxygen atoms in total. The molecule has 0 radical (unpaired) electrons. The first kappa shape index (κ1) is 21.1. The first-order valence-corrected chi connectivity index (χ1v) is 12.3. The van der Waals surface area contributed by atoms with Gasteiger partial charge in [0.05, 0.1) is 23.9 Å². The summed E-state index contributed by atoms with van der Waals surface area (Å²) in [6, 6.07) is 11.4. The highest BCUT2D eigenvalue weighted by molar-refractivity contribution is 7.17. The largest absolute Gasteiger partial charge is 0.497 e. The molecule has 1 saturated carbocycles. The quantitative estimate of drug-likeness (QED) is 0.578. The lowest BCUT2D eigenvalue weighted by Gasteiger charge is -2.36. The lowest BCUT2D eigenvalue weighted by atomic mass is 10.1. The molecule has 0 bridgehead atoms. The molecule has 1 aliphatic carbocycles. The van der Waals surface area contributed by atoms with E-state index in [4.69, 9.17) is 4.74 Å². The summed E-state index contributed by atoms with van der Waals surface area (Å²) in [5.41, 5.74) is 2.65. The molecule has 0 spiro atoms. The number of ether oxygens (including phenoxy) is 1. The molecule has 2 amide bonds. The van der Waals surface area contributed by atoms with Crippen molar-refractivity contribution >= 4 is 33.4 Å². The lowest BCUT2D eigenvalue weighted by molar-refractivity contribution is -0.127. The first-order chi connectivity index (χ1) is 15.6. The summed E-state index contributed by atoms with van der Waals surface area (Å²) in [4.78, 5) is 28.9. The topological polar surface area (TPSA) is 63.6 Å². The predicted molar refractivity (Wildman–Crippen MR) is 126 cm³/mol. The molecule has 3 aromatic rings. The Kier molecular flexibility index (Phi) is 5.91. The maximum Gasteiger partial charge on any atom is 0.271 e. The van der Waals surface area contributed by atoms with Gasteiger partial charge in [0.2, 0.25) is 5.91 Å². The molecule has 5 rings (SSSR count). The van der Waals surface area contributed by atoms with Crippen molar-refractivity contribution in [2.45, 2.75) is 63.7 Å². The minimum absolute atomic E-state index is 0.0455. The van der Waals surface area contributed by atoms with Gasteiger partial charge in [0.1, 0.15) is 17.5 Å². The summed E-state index contributed by atoms with van der Waals surface area (Å²) in [5, 5.41) is 5.32. The molecule has 1 atom stereocenters. The van der Waals surface area contributed by atoms with Crippen LogP contribution in [0.1, 0.15) is 54.6 Å². The van der Waals surface area contributed by atoms with Gasteiger partial charge in [-0.1, -0.05) is 37.8 Å². The second-order valence-electron chi connectivity index (χ2n) is 8.81. The number of carbonyl (C=O) groups is 2. The summed E-state index contributed by atoms with van der Waals surface area (Å²) >= 11 is 1.62. The fraction of sp³-hybridized carbons (Fsp3) is 0.440. The summed E-state index contributed by atoms with van der Waals surface area (Å²) in [6.45, 7) is 0.849. The Labute approximate surface area is 192 Å². The molecule has 2 aromatic heterocycles. The number of rotatable bonds is 5. The number of nitrogens with one attached hydrogen (secondary N) is 1. The van der Waals surface area contributed by atoms with Crippen molar-refractivity contribution in [2.75, 3.05) is 7.11 Å². The van der Waals surface area contributed by atoms with Crippen molar-refractivity contribution in [2.24, 2.45) is 0 Å². The Hall–Kier alpha value is -2.80. The van der Waals surface area contributed by atoms with Crippen molar-refractivity contribution in [1.82, 2.24) is 14.8 Å².